The van der Waals surface area contributed by atoms with Crippen molar-refractivity contribution in [2.75, 3.05) is 19.5 Å². The molecule has 0 atom stereocenters. The molecule has 0 N–H and O–H groups in total. The second-order valence-electron chi connectivity index (χ2n) is 1.98. The van der Waals surface area contributed by atoms with Crippen LogP contribution in [0.15, 0.2) is 0 Å². The van der Waals surface area contributed by atoms with Crippen molar-refractivity contribution in [1.82, 2.24) is 0 Å². The summed E-state index contributed by atoms with van der Waals surface area (Å²) >= 11 is 3.31. The van der Waals surface area contributed by atoms with Gasteiger partial charge in [0.05, 0.1) is 0 Å². The zero-order valence-electron chi connectivity index (χ0n) is 6.11. The van der Waals surface area contributed by atoms with E-state index in [9.17, 15) is 0 Å². The number of halogens is 1. The van der Waals surface area contributed by atoms with Crippen LogP contribution in [-0.2, 0) is 9.47 Å². The lowest BCUT2D eigenvalue weighted by Crippen LogP contribution is -2.29. The van der Waals surface area contributed by atoms with Gasteiger partial charge in [-0.1, -0.05) is 15.9 Å². The highest BCUT2D eigenvalue weighted by Gasteiger charge is 2.20. The summed E-state index contributed by atoms with van der Waals surface area (Å²) in [4.78, 5) is 0. The van der Waals surface area contributed by atoms with E-state index >= 15 is 0 Å². The van der Waals surface area contributed by atoms with Crippen LogP contribution in [0.1, 0.15) is 13.3 Å². The Bertz CT molecular complexity index is 71.5. The molecule has 0 aliphatic carbocycles. The third kappa shape index (κ3) is 3.18. The fourth-order valence-corrected chi connectivity index (χ4v) is 1.18. The molecular formula is C6H13BrO2. The monoisotopic (exact) mass is 196 g/mol. The first kappa shape index (κ1) is 9.40. The first-order valence-corrected chi connectivity index (χ1v) is 3.97. The topological polar surface area (TPSA) is 18.5 Å². The molecule has 0 fully saturated rings. The van der Waals surface area contributed by atoms with Crippen molar-refractivity contribution in [3.63, 3.8) is 0 Å². The van der Waals surface area contributed by atoms with Crippen molar-refractivity contribution < 1.29 is 9.47 Å². The summed E-state index contributed by atoms with van der Waals surface area (Å²) in [5.41, 5.74) is 0. The Morgan fingerprint density at radius 3 is 1.89 bits per heavy atom. The molecule has 0 aromatic carbocycles. The maximum Gasteiger partial charge on any atom is 0.165 e. The van der Waals surface area contributed by atoms with Crippen LogP contribution >= 0.6 is 15.9 Å². The predicted octanol–water partition coefficient (Wildman–Crippen LogP) is 1.78. The van der Waals surface area contributed by atoms with Gasteiger partial charge >= 0.3 is 0 Å². The van der Waals surface area contributed by atoms with Crippen LogP contribution in [0, 0.1) is 0 Å². The molecule has 0 saturated heterocycles. The van der Waals surface area contributed by atoms with Gasteiger partial charge in [-0.15, -0.1) is 0 Å². The molecular weight excluding hydrogens is 184 g/mol. The molecule has 2 nitrogen and oxygen atoms in total. The van der Waals surface area contributed by atoms with Gasteiger partial charge in [-0.05, 0) is 6.92 Å². The van der Waals surface area contributed by atoms with Crippen LogP contribution in [-0.4, -0.2) is 25.3 Å². The van der Waals surface area contributed by atoms with Gasteiger partial charge in [0.15, 0.2) is 5.79 Å². The average molecular weight is 197 g/mol. The van der Waals surface area contributed by atoms with E-state index in [2.05, 4.69) is 15.9 Å². The Balaban J connectivity index is 3.62. The highest BCUT2D eigenvalue weighted by Crippen LogP contribution is 2.15. The van der Waals surface area contributed by atoms with Crippen LogP contribution in [0.3, 0.4) is 0 Å². The zero-order valence-corrected chi connectivity index (χ0v) is 7.69. The second-order valence-corrected chi connectivity index (χ2v) is 2.77. The van der Waals surface area contributed by atoms with Crippen LogP contribution in [0.5, 0.6) is 0 Å². The first-order valence-electron chi connectivity index (χ1n) is 2.85. The van der Waals surface area contributed by atoms with Gasteiger partial charge in [-0.25, -0.2) is 0 Å². The summed E-state index contributed by atoms with van der Waals surface area (Å²) in [6, 6.07) is 0. The van der Waals surface area contributed by atoms with E-state index in [0.717, 1.165) is 11.8 Å². The minimum atomic E-state index is -0.413. The summed E-state index contributed by atoms with van der Waals surface area (Å²) in [5.74, 6) is -0.413. The van der Waals surface area contributed by atoms with Crippen molar-refractivity contribution >= 4 is 15.9 Å². The van der Waals surface area contributed by atoms with Gasteiger partial charge in [0.25, 0.3) is 0 Å². The smallest absolute Gasteiger partial charge is 0.165 e. The Hall–Kier alpha value is 0.400. The SMILES string of the molecule is COC(C)(CCBr)OC. The summed E-state index contributed by atoms with van der Waals surface area (Å²) in [6.07, 6.45) is 0.861. The minimum absolute atomic E-state index is 0.413. The lowest BCUT2D eigenvalue weighted by Gasteiger charge is -2.24. The van der Waals surface area contributed by atoms with Gasteiger partial charge in [0, 0.05) is 26.0 Å². The van der Waals surface area contributed by atoms with Gasteiger partial charge in [0.2, 0.25) is 0 Å². The van der Waals surface area contributed by atoms with Gasteiger partial charge < -0.3 is 9.47 Å². The first-order chi connectivity index (χ1) is 4.18. The fourth-order valence-electron chi connectivity index (χ4n) is 0.459. The van der Waals surface area contributed by atoms with E-state index in [1.807, 2.05) is 6.92 Å². The number of hydrogen-bond acceptors (Lipinski definition) is 2. The largest absolute Gasteiger partial charge is 0.353 e. The normalized spacial score (nSPS) is 12.0. The number of alkyl halides is 1. The Morgan fingerprint density at radius 1 is 1.33 bits per heavy atom. The molecule has 3 heteroatoms. The van der Waals surface area contributed by atoms with E-state index in [0.29, 0.717) is 0 Å². The van der Waals surface area contributed by atoms with Gasteiger partial charge in [0.1, 0.15) is 0 Å². The summed E-state index contributed by atoms with van der Waals surface area (Å²) < 4.78 is 10.2. The molecule has 0 bridgehead atoms. The highest BCUT2D eigenvalue weighted by atomic mass is 79.9. The van der Waals surface area contributed by atoms with Gasteiger partial charge in [-0.2, -0.15) is 0 Å². The van der Waals surface area contributed by atoms with Crippen molar-refractivity contribution in [3.8, 4) is 0 Å². The van der Waals surface area contributed by atoms with E-state index in [-0.39, 0.29) is 0 Å². The molecule has 0 aromatic heterocycles. The van der Waals surface area contributed by atoms with Crippen LogP contribution in [0.2, 0.25) is 0 Å². The number of methoxy groups -OCH3 is 2. The molecule has 0 radical (unpaired) electrons. The third-order valence-electron chi connectivity index (χ3n) is 1.41. The Labute approximate surface area is 64.7 Å². The molecule has 0 aliphatic heterocycles. The quantitative estimate of drug-likeness (QED) is 0.505. The van der Waals surface area contributed by atoms with Crippen LogP contribution < -0.4 is 0 Å². The number of ether oxygens (including phenoxy) is 2. The molecule has 0 unspecified atom stereocenters. The Kier molecular flexibility index (Phi) is 4.44. The second kappa shape index (κ2) is 4.25. The molecule has 9 heavy (non-hydrogen) atoms. The standard InChI is InChI=1S/C6H13BrO2/c1-6(8-2,9-3)4-5-7/h4-5H2,1-3H3. The lowest BCUT2D eigenvalue weighted by atomic mass is 10.2. The molecule has 0 heterocycles. The molecule has 0 amide bonds. The maximum absolute atomic E-state index is 5.08. The fraction of sp³-hybridized carbons (Fsp3) is 1.00. The van der Waals surface area contributed by atoms with Crippen molar-refractivity contribution in [2.24, 2.45) is 0 Å². The van der Waals surface area contributed by atoms with Crippen molar-refractivity contribution in [1.29, 1.82) is 0 Å². The molecule has 0 aromatic rings. The summed E-state index contributed by atoms with van der Waals surface area (Å²) in [6.45, 7) is 1.91. The Morgan fingerprint density at radius 2 is 1.78 bits per heavy atom. The summed E-state index contributed by atoms with van der Waals surface area (Å²) in [5, 5.41) is 0.894. The summed E-state index contributed by atoms with van der Waals surface area (Å²) in [7, 11) is 3.29. The van der Waals surface area contributed by atoms with E-state index in [1.165, 1.54) is 0 Å². The lowest BCUT2D eigenvalue weighted by molar-refractivity contribution is -0.193. The zero-order chi connectivity index (χ0) is 7.33. The number of rotatable bonds is 4. The average Bonchev–Trinajstić information content (AvgIpc) is 1.89. The molecule has 56 valence electrons. The minimum Gasteiger partial charge on any atom is -0.353 e. The van der Waals surface area contributed by atoms with Crippen molar-refractivity contribution in [3.05, 3.63) is 0 Å². The predicted molar refractivity (Wildman–Crippen MR) is 40.8 cm³/mol. The molecule has 0 aliphatic rings. The van der Waals surface area contributed by atoms with E-state index < -0.39 is 5.79 Å². The molecule has 0 saturated carbocycles. The van der Waals surface area contributed by atoms with Crippen LogP contribution in [0.25, 0.3) is 0 Å². The highest BCUT2D eigenvalue weighted by molar-refractivity contribution is 9.09. The van der Waals surface area contributed by atoms with E-state index in [4.69, 9.17) is 9.47 Å². The molecule has 0 spiro atoms. The van der Waals surface area contributed by atoms with Crippen LogP contribution in [0.4, 0.5) is 0 Å². The van der Waals surface area contributed by atoms with E-state index in [1.54, 1.807) is 14.2 Å². The van der Waals surface area contributed by atoms with Crippen molar-refractivity contribution in [2.45, 2.75) is 19.1 Å². The third-order valence-corrected chi connectivity index (χ3v) is 1.81. The number of hydrogen-bond donors (Lipinski definition) is 0. The maximum atomic E-state index is 5.08. The molecule has 0 rings (SSSR count). The van der Waals surface area contributed by atoms with Gasteiger partial charge in [-0.3, -0.25) is 0 Å².